The standard InChI is InChI=1S/C31H34FN3O4/c1-5-21-11-28(38-18-20-9-7-6-8-10-20)26(32)15-25(21)22-12-29(27-16-33-19-34(27)17-22)39-24-13-23(14-24)35(30(36)37)31(2,3)4/h6-12,15-17,19,23-24H,5,13-14,18H2,1-4H3,(H,36,37). The average molecular weight is 532 g/mol. The van der Waals surface area contributed by atoms with Crippen LogP contribution in [0.25, 0.3) is 16.6 Å². The van der Waals surface area contributed by atoms with Gasteiger partial charge in [-0.2, -0.15) is 0 Å². The van der Waals surface area contributed by atoms with E-state index in [9.17, 15) is 9.90 Å². The molecule has 0 aliphatic heterocycles. The number of hydrogen-bond acceptors (Lipinski definition) is 4. The Labute approximate surface area is 227 Å². The number of rotatable bonds is 8. The van der Waals surface area contributed by atoms with Gasteiger partial charge in [0.2, 0.25) is 0 Å². The van der Waals surface area contributed by atoms with Gasteiger partial charge in [-0.3, -0.25) is 0 Å². The lowest BCUT2D eigenvalue weighted by atomic mass is 9.85. The molecule has 1 amide bonds. The van der Waals surface area contributed by atoms with Crippen LogP contribution in [0.2, 0.25) is 0 Å². The van der Waals surface area contributed by atoms with Crippen LogP contribution in [0.4, 0.5) is 9.18 Å². The summed E-state index contributed by atoms with van der Waals surface area (Å²) in [6.45, 7) is 8.02. The number of aryl methyl sites for hydroxylation is 1. The predicted molar refractivity (Wildman–Crippen MR) is 148 cm³/mol. The highest BCUT2D eigenvalue weighted by Crippen LogP contribution is 2.38. The Bertz CT molecular complexity index is 1470. The first-order valence-corrected chi connectivity index (χ1v) is 13.3. The normalized spacial score (nSPS) is 17.1. The van der Waals surface area contributed by atoms with E-state index in [2.05, 4.69) is 4.98 Å². The molecule has 1 aliphatic carbocycles. The van der Waals surface area contributed by atoms with Crippen LogP contribution in [0, 0.1) is 5.82 Å². The van der Waals surface area contributed by atoms with Gasteiger partial charge in [0.1, 0.15) is 24.0 Å². The third-order valence-corrected chi connectivity index (χ3v) is 7.23. The Morgan fingerprint density at radius 2 is 1.90 bits per heavy atom. The lowest BCUT2D eigenvalue weighted by Crippen LogP contribution is -2.58. The Hall–Kier alpha value is -4.07. The molecule has 2 aromatic heterocycles. The summed E-state index contributed by atoms with van der Waals surface area (Å²) < 4.78 is 29.3. The highest BCUT2D eigenvalue weighted by atomic mass is 19.1. The quantitative estimate of drug-likeness (QED) is 0.266. The van der Waals surface area contributed by atoms with Gasteiger partial charge in [0, 0.05) is 36.2 Å². The molecular weight excluding hydrogens is 497 g/mol. The second kappa shape index (κ2) is 10.6. The molecule has 0 saturated heterocycles. The molecule has 1 aliphatic rings. The minimum Gasteiger partial charge on any atom is -0.488 e. The van der Waals surface area contributed by atoms with E-state index in [1.165, 1.54) is 11.0 Å². The van der Waals surface area contributed by atoms with E-state index in [1.54, 1.807) is 18.6 Å². The molecule has 0 radical (unpaired) electrons. The summed E-state index contributed by atoms with van der Waals surface area (Å²) in [5, 5.41) is 9.71. The fourth-order valence-corrected chi connectivity index (χ4v) is 5.26. The maximum absolute atomic E-state index is 15.2. The molecule has 0 atom stereocenters. The summed E-state index contributed by atoms with van der Waals surface area (Å²) >= 11 is 0. The van der Waals surface area contributed by atoms with Crippen molar-refractivity contribution in [3.05, 3.63) is 84.2 Å². The van der Waals surface area contributed by atoms with E-state index in [0.29, 0.717) is 25.0 Å². The van der Waals surface area contributed by atoms with Crippen LogP contribution >= 0.6 is 0 Å². The molecule has 1 saturated carbocycles. The van der Waals surface area contributed by atoms with Gasteiger partial charge >= 0.3 is 6.09 Å². The molecule has 2 aromatic carbocycles. The SMILES string of the molecule is CCc1cc(OCc2ccccc2)c(F)cc1-c1cc(OC2CC(N(C(=O)O)C(C)(C)C)C2)c2cncn2c1. The third-order valence-electron chi connectivity index (χ3n) is 7.23. The number of aromatic nitrogens is 2. The van der Waals surface area contributed by atoms with Crippen molar-refractivity contribution in [2.75, 3.05) is 0 Å². The molecule has 8 heteroatoms. The Morgan fingerprint density at radius 1 is 1.15 bits per heavy atom. The molecule has 1 fully saturated rings. The largest absolute Gasteiger partial charge is 0.488 e. The van der Waals surface area contributed by atoms with Gasteiger partial charge < -0.3 is 23.9 Å². The van der Waals surface area contributed by atoms with Crippen molar-refractivity contribution in [2.45, 2.75) is 71.2 Å². The van der Waals surface area contributed by atoms with Crippen LogP contribution in [0.1, 0.15) is 51.7 Å². The first kappa shape index (κ1) is 26.5. The summed E-state index contributed by atoms with van der Waals surface area (Å²) in [4.78, 5) is 17.6. The lowest BCUT2D eigenvalue weighted by molar-refractivity contribution is -0.0130. The number of benzene rings is 2. The van der Waals surface area contributed by atoms with E-state index in [1.807, 2.05) is 74.7 Å². The number of nitrogens with zero attached hydrogens (tertiary/aromatic N) is 3. The van der Waals surface area contributed by atoms with Crippen molar-refractivity contribution in [3.63, 3.8) is 0 Å². The highest BCUT2D eigenvalue weighted by Gasteiger charge is 2.42. The van der Waals surface area contributed by atoms with E-state index in [-0.39, 0.29) is 24.5 Å². The summed E-state index contributed by atoms with van der Waals surface area (Å²) in [5.74, 6) is 0.434. The molecule has 0 bridgehead atoms. The van der Waals surface area contributed by atoms with Crippen molar-refractivity contribution in [1.82, 2.24) is 14.3 Å². The Morgan fingerprint density at radius 3 is 2.56 bits per heavy atom. The maximum atomic E-state index is 15.2. The zero-order valence-electron chi connectivity index (χ0n) is 22.7. The topological polar surface area (TPSA) is 76.3 Å². The molecule has 4 aromatic rings. The number of fused-ring (bicyclic) bond motifs is 1. The van der Waals surface area contributed by atoms with Gasteiger partial charge in [0.15, 0.2) is 11.6 Å². The first-order chi connectivity index (χ1) is 18.6. The number of amides is 1. The fourth-order valence-electron chi connectivity index (χ4n) is 5.26. The second-order valence-corrected chi connectivity index (χ2v) is 11.0. The van der Waals surface area contributed by atoms with E-state index in [4.69, 9.17) is 9.47 Å². The third kappa shape index (κ3) is 5.55. The summed E-state index contributed by atoms with van der Waals surface area (Å²) in [6.07, 6.45) is 6.21. The summed E-state index contributed by atoms with van der Waals surface area (Å²) in [7, 11) is 0. The summed E-state index contributed by atoms with van der Waals surface area (Å²) in [6, 6.07) is 14.8. The van der Waals surface area contributed by atoms with Crippen molar-refractivity contribution < 1.29 is 23.8 Å². The van der Waals surface area contributed by atoms with Gasteiger partial charge in [-0.1, -0.05) is 37.3 Å². The minimum absolute atomic E-state index is 0.0964. The van der Waals surface area contributed by atoms with E-state index >= 15 is 4.39 Å². The van der Waals surface area contributed by atoms with Crippen molar-refractivity contribution >= 4 is 11.6 Å². The van der Waals surface area contributed by atoms with Gasteiger partial charge in [-0.15, -0.1) is 0 Å². The summed E-state index contributed by atoms with van der Waals surface area (Å²) in [5.41, 5.74) is 3.80. The van der Waals surface area contributed by atoms with Crippen LogP contribution in [0.3, 0.4) is 0 Å². The predicted octanol–water partition coefficient (Wildman–Crippen LogP) is 6.97. The second-order valence-electron chi connectivity index (χ2n) is 11.0. The van der Waals surface area contributed by atoms with Crippen LogP contribution in [0.15, 0.2) is 67.3 Å². The molecule has 7 nitrogen and oxygen atoms in total. The van der Waals surface area contributed by atoms with Crippen LogP contribution < -0.4 is 9.47 Å². The van der Waals surface area contributed by atoms with Crippen molar-refractivity contribution in [1.29, 1.82) is 0 Å². The van der Waals surface area contributed by atoms with E-state index in [0.717, 1.165) is 27.8 Å². The van der Waals surface area contributed by atoms with Crippen LogP contribution in [-0.4, -0.2) is 43.2 Å². The maximum Gasteiger partial charge on any atom is 0.407 e. The monoisotopic (exact) mass is 531 g/mol. The Balaban J connectivity index is 1.39. The zero-order chi connectivity index (χ0) is 27.7. The molecule has 2 heterocycles. The number of pyridine rings is 1. The number of ether oxygens (including phenoxy) is 2. The van der Waals surface area contributed by atoms with Gasteiger partial charge in [0.05, 0.1) is 12.5 Å². The van der Waals surface area contributed by atoms with Crippen LogP contribution in [0.5, 0.6) is 11.5 Å². The molecule has 5 rings (SSSR count). The van der Waals surface area contributed by atoms with E-state index < -0.39 is 17.4 Å². The van der Waals surface area contributed by atoms with Crippen molar-refractivity contribution in [2.24, 2.45) is 0 Å². The number of carbonyl (C=O) groups is 1. The fraction of sp³-hybridized carbons (Fsp3) is 0.355. The molecule has 39 heavy (non-hydrogen) atoms. The first-order valence-electron chi connectivity index (χ1n) is 13.3. The number of hydrogen-bond donors (Lipinski definition) is 1. The number of imidazole rings is 1. The lowest BCUT2D eigenvalue weighted by Gasteiger charge is -2.47. The van der Waals surface area contributed by atoms with Gasteiger partial charge in [0.25, 0.3) is 0 Å². The smallest absolute Gasteiger partial charge is 0.407 e. The highest BCUT2D eigenvalue weighted by molar-refractivity contribution is 5.74. The average Bonchev–Trinajstić information content (AvgIpc) is 3.35. The molecule has 0 unspecified atom stereocenters. The molecule has 1 N–H and O–H groups in total. The Kier molecular flexibility index (Phi) is 7.21. The van der Waals surface area contributed by atoms with Gasteiger partial charge in [-0.05, 0) is 62.1 Å². The molecular formula is C31H34FN3O4. The number of carboxylic acid groups (broad SMARTS) is 1. The van der Waals surface area contributed by atoms with Gasteiger partial charge in [-0.25, -0.2) is 14.2 Å². The minimum atomic E-state index is -0.920. The molecule has 0 spiro atoms. The zero-order valence-corrected chi connectivity index (χ0v) is 22.7. The number of halogens is 1. The van der Waals surface area contributed by atoms with Crippen molar-refractivity contribution in [3.8, 4) is 22.6 Å². The van der Waals surface area contributed by atoms with Crippen LogP contribution in [-0.2, 0) is 13.0 Å². The molecule has 204 valence electrons.